The molecule has 0 unspecified atom stereocenters. The van der Waals surface area contributed by atoms with E-state index in [1.807, 2.05) is 24.3 Å². The molecule has 2 heterocycles. The van der Waals surface area contributed by atoms with Crippen LogP contribution in [0, 0.1) is 11.6 Å². The Kier molecular flexibility index (Phi) is 3.72. The summed E-state index contributed by atoms with van der Waals surface area (Å²) in [5.74, 6) is 0.0212. The Hall–Kier alpha value is -3.54. The topological polar surface area (TPSA) is 57.4 Å². The van der Waals surface area contributed by atoms with Crippen LogP contribution in [0.2, 0.25) is 0 Å². The van der Waals surface area contributed by atoms with Gasteiger partial charge in [0.1, 0.15) is 17.3 Å². The van der Waals surface area contributed by atoms with Gasteiger partial charge in [-0.15, -0.1) is 0 Å². The number of allylic oxidation sites excluding steroid dienone is 1. The third-order valence-corrected chi connectivity index (χ3v) is 5.28. The van der Waals surface area contributed by atoms with E-state index < -0.39 is 5.41 Å². The van der Waals surface area contributed by atoms with Gasteiger partial charge in [-0.1, -0.05) is 36.4 Å². The molecule has 1 aliphatic carbocycles. The van der Waals surface area contributed by atoms with E-state index in [1.54, 1.807) is 24.5 Å². The van der Waals surface area contributed by atoms with E-state index in [-0.39, 0.29) is 11.6 Å². The molecular formula is C22H16F2N4. The molecular weight excluding hydrogens is 358 g/mol. The number of nitrogens with one attached hydrogen (secondary N) is 2. The van der Waals surface area contributed by atoms with Gasteiger partial charge in [-0.25, -0.2) is 13.8 Å². The molecule has 0 fully saturated rings. The lowest BCUT2D eigenvalue weighted by Gasteiger charge is -2.34. The van der Waals surface area contributed by atoms with Crippen molar-refractivity contribution in [1.29, 1.82) is 0 Å². The van der Waals surface area contributed by atoms with Crippen molar-refractivity contribution < 1.29 is 8.78 Å². The summed E-state index contributed by atoms with van der Waals surface area (Å²) in [6.07, 6.45) is 7.87. The quantitative estimate of drug-likeness (QED) is 0.549. The molecule has 1 aliphatic rings. The number of imidazole rings is 1. The van der Waals surface area contributed by atoms with Crippen molar-refractivity contribution in [3.8, 4) is 11.5 Å². The van der Waals surface area contributed by atoms with E-state index in [4.69, 9.17) is 0 Å². The van der Waals surface area contributed by atoms with Crippen LogP contribution in [0.5, 0.6) is 0 Å². The summed E-state index contributed by atoms with van der Waals surface area (Å²) in [6, 6.07) is 12.9. The Morgan fingerprint density at radius 1 is 0.964 bits per heavy atom. The number of aromatic amines is 2. The van der Waals surface area contributed by atoms with Crippen LogP contribution >= 0.6 is 0 Å². The van der Waals surface area contributed by atoms with E-state index in [2.05, 4.69) is 20.2 Å². The lowest BCUT2D eigenvalue weighted by molar-refractivity contribution is 0.582. The van der Waals surface area contributed by atoms with Crippen molar-refractivity contribution in [2.24, 2.45) is 0 Å². The van der Waals surface area contributed by atoms with Gasteiger partial charge in [-0.2, -0.15) is 5.10 Å². The average molecular weight is 374 g/mol. The maximum absolute atomic E-state index is 14.0. The maximum atomic E-state index is 14.0. The summed E-state index contributed by atoms with van der Waals surface area (Å²) in [7, 11) is 0. The third-order valence-electron chi connectivity index (χ3n) is 5.28. The molecule has 0 atom stereocenters. The molecule has 5 rings (SSSR count). The molecule has 28 heavy (non-hydrogen) atoms. The van der Waals surface area contributed by atoms with Crippen LogP contribution in [0.1, 0.15) is 22.4 Å². The number of fused-ring (bicyclic) bond motifs is 1. The summed E-state index contributed by atoms with van der Waals surface area (Å²) < 4.78 is 28.1. The van der Waals surface area contributed by atoms with Crippen LogP contribution in [0.25, 0.3) is 17.6 Å². The Balaban J connectivity index is 1.69. The first-order valence-electron chi connectivity index (χ1n) is 8.94. The molecule has 4 nitrogen and oxygen atoms in total. The van der Waals surface area contributed by atoms with Crippen LogP contribution in [0.15, 0.2) is 67.0 Å². The van der Waals surface area contributed by atoms with Gasteiger partial charge >= 0.3 is 0 Å². The van der Waals surface area contributed by atoms with Gasteiger partial charge in [-0.3, -0.25) is 5.10 Å². The minimum absolute atomic E-state index is 0.326. The van der Waals surface area contributed by atoms with Gasteiger partial charge in [-0.05, 0) is 35.4 Å². The second-order valence-electron chi connectivity index (χ2n) is 6.90. The van der Waals surface area contributed by atoms with Crippen molar-refractivity contribution >= 4 is 6.08 Å². The fourth-order valence-electron chi connectivity index (χ4n) is 3.93. The fraction of sp³-hybridized carbons (Fsp3) is 0.0909. The van der Waals surface area contributed by atoms with E-state index >= 15 is 0 Å². The molecule has 2 N–H and O–H groups in total. The predicted molar refractivity (Wildman–Crippen MR) is 102 cm³/mol. The molecule has 0 saturated carbocycles. The highest BCUT2D eigenvalue weighted by atomic mass is 19.1. The average Bonchev–Trinajstić information content (AvgIpc) is 3.37. The number of hydrogen-bond acceptors (Lipinski definition) is 2. The van der Waals surface area contributed by atoms with Crippen molar-refractivity contribution in [2.45, 2.75) is 11.8 Å². The number of halogens is 2. The van der Waals surface area contributed by atoms with Crippen LogP contribution in [-0.4, -0.2) is 20.2 Å². The normalized spacial score (nSPS) is 14.8. The molecule has 6 heteroatoms. The molecule has 0 bridgehead atoms. The molecule has 2 aromatic carbocycles. The van der Waals surface area contributed by atoms with Crippen LogP contribution in [0.3, 0.4) is 0 Å². The van der Waals surface area contributed by atoms with Gasteiger partial charge in [0.05, 0.1) is 0 Å². The third kappa shape index (κ3) is 2.57. The lowest BCUT2D eigenvalue weighted by atomic mass is 9.68. The minimum Gasteiger partial charge on any atom is -0.343 e. The van der Waals surface area contributed by atoms with Crippen molar-refractivity contribution in [2.75, 3.05) is 0 Å². The molecule has 138 valence electrons. The van der Waals surface area contributed by atoms with Gasteiger partial charge in [0.25, 0.3) is 0 Å². The van der Waals surface area contributed by atoms with E-state index in [0.29, 0.717) is 12.2 Å². The Morgan fingerprint density at radius 3 is 2.29 bits per heavy atom. The first kappa shape index (κ1) is 16.6. The number of nitrogens with zero attached hydrogens (tertiary/aromatic N) is 2. The van der Waals surface area contributed by atoms with Crippen LogP contribution in [-0.2, 0) is 11.8 Å². The lowest BCUT2D eigenvalue weighted by Crippen LogP contribution is -2.30. The second kappa shape index (κ2) is 6.27. The molecule has 0 aliphatic heterocycles. The number of H-pyrrole nitrogens is 2. The molecule has 0 spiro atoms. The van der Waals surface area contributed by atoms with E-state index in [0.717, 1.165) is 28.1 Å². The summed E-state index contributed by atoms with van der Waals surface area (Å²) in [6.45, 7) is 0. The standard InChI is InChI=1S/C22H16F2N4/c23-16-5-1-3-14(11-16)22(15-4-2-6-17(24)12-15)8-7-18-19(13-22)27-28-20(18)21-25-9-10-26-21/h1-12H,13H2,(H,25,26)(H,27,28). The molecule has 0 saturated heterocycles. The number of aromatic nitrogens is 4. The van der Waals surface area contributed by atoms with Gasteiger partial charge in [0.2, 0.25) is 0 Å². The van der Waals surface area contributed by atoms with Crippen molar-refractivity contribution in [3.05, 3.63) is 101 Å². The SMILES string of the molecule is Fc1cccc(C2(c3cccc(F)c3)C=Cc3c(-c4ncc[nH]4)n[nH]c3C2)c1. The highest BCUT2D eigenvalue weighted by Crippen LogP contribution is 2.43. The summed E-state index contributed by atoms with van der Waals surface area (Å²) >= 11 is 0. The number of benzene rings is 2. The Labute approximate surface area is 160 Å². The zero-order valence-electron chi connectivity index (χ0n) is 14.8. The molecule has 0 amide bonds. The zero-order chi connectivity index (χ0) is 19.1. The summed E-state index contributed by atoms with van der Waals surface area (Å²) in [5.41, 5.74) is 3.36. The van der Waals surface area contributed by atoms with E-state index in [9.17, 15) is 8.78 Å². The zero-order valence-corrected chi connectivity index (χ0v) is 14.8. The largest absolute Gasteiger partial charge is 0.343 e. The number of hydrogen-bond donors (Lipinski definition) is 2. The molecule has 2 aromatic heterocycles. The molecule has 0 radical (unpaired) electrons. The first-order chi connectivity index (χ1) is 13.7. The monoisotopic (exact) mass is 374 g/mol. The Bertz CT molecular complexity index is 1130. The summed E-state index contributed by atoms with van der Waals surface area (Å²) in [5, 5.41) is 7.50. The highest BCUT2D eigenvalue weighted by Gasteiger charge is 2.37. The maximum Gasteiger partial charge on any atom is 0.158 e. The fourth-order valence-corrected chi connectivity index (χ4v) is 3.93. The van der Waals surface area contributed by atoms with E-state index in [1.165, 1.54) is 24.3 Å². The smallest absolute Gasteiger partial charge is 0.158 e. The van der Waals surface area contributed by atoms with Gasteiger partial charge in [0.15, 0.2) is 5.82 Å². The van der Waals surface area contributed by atoms with Gasteiger partial charge in [0, 0.05) is 35.5 Å². The van der Waals surface area contributed by atoms with Crippen molar-refractivity contribution in [1.82, 2.24) is 20.2 Å². The van der Waals surface area contributed by atoms with Crippen LogP contribution in [0.4, 0.5) is 8.78 Å². The van der Waals surface area contributed by atoms with Crippen LogP contribution < -0.4 is 0 Å². The summed E-state index contributed by atoms with van der Waals surface area (Å²) in [4.78, 5) is 7.33. The highest BCUT2D eigenvalue weighted by molar-refractivity contribution is 5.73. The van der Waals surface area contributed by atoms with Crippen molar-refractivity contribution in [3.63, 3.8) is 0 Å². The second-order valence-corrected chi connectivity index (χ2v) is 6.90. The molecule has 4 aromatic rings. The Morgan fingerprint density at radius 2 is 1.68 bits per heavy atom. The number of rotatable bonds is 3. The van der Waals surface area contributed by atoms with Gasteiger partial charge < -0.3 is 4.98 Å². The predicted octanol–water partition coefficient (Wildman–Crippen LogP) is 4.63. The minimum atomic E-state index is -0.704. The first-order valence-corrected chi connectivity index (χ1v) is 8.94.